The molecule has 6 nitrogen and oxygen atoms in total. The second kappa shape index (κ2) is 3.86. The number of carboxylic acid groups (broad SMARTS) is 1. The van der Waals surface area contributed by atoms with Crippen molar-refractivity contribution in [3.8, 4) is 11.3 Å². The van der Waals surface area contributed by atoms with Crippen molar-refractivity contribution in [2.24, 2.45) is 7.05 Å². The third-order valence-electron chi connectivity index (χ3n) is 2.24. The zero-order chi connectivity index (χ0) is 13.5. The number of aromatic nitrogens is 4. The monoisotopic (exact) mass is 260 g/mol. The molecule has 0 radical (unpaired) electrons. The number of H-pyrrole nitrogens is 1. The number of aromatic amines is 1. The van der Waals surface area contributed by atoms with Crippen LogP contribution in [0.15, 0.2) is 12.4 Å². The van der Waals surface area contributed by atoms with Crippen LogP contribution in [-0.2, 0) is 13.2 Å². The van der Waals surface area contributed by atoms with Crippen LogP contribution in [0, 0.1) is 0 Å². The fraction of sp³-hybridized carbons (Fsp3) is 0.222. The number of alkyl halides is 3. The van der Waals surface area contributed by atoms with E-state index < -0.39 is 17.8 Å². The molecule has 9 heteroatoms. The molecule has 0 fully saturated rings. The molecule has 2 aromatic heterocycles. The minimum absolute atomic E-state index is 0.220. The molecule has 0 spiro atoms. The van der Waals surface area contributed by atoms with E-state index in [0.29, 0.717) is 0 Å². The zero-order valence-electron chi connectivity index (χ0n) is 8.99. The lowest BCUT2D eigenvalue weighted by Crippen LogP contribution is -2.09. The van der Waals surface area contributed by atoms with Gasteiger partial charge in [0.2, 0.25) is 0 Å². The van der Waals surface area contributed by atoms with Crippen molar-refractivity contribution in [1.29, 1.82) is 0 Å². The normalized spacial score (nSPS) is 11.8. The van der Waals surface area contributed by atoms with Crippen molar-refractivity contribution in [2.75, 3.05) is 0 Å². The predicted octanol–water partition coefficient (Wildman–Crippen LogP) is 1.53. The van der Waals surface area contributed by atoms with E-state index in [4.69, 9.17) is 5.11 Å². The summed E-state index contributed by atoms with van der Waals surface area (Å²) in [4.78, 5) is 10.9. The van der Waals surface area contributed by atoms with E-state index in [1.165, 1.54) is 7.05 Å². The number of hydrogen-bond donors (Lipinski definition) is 2. The van der Waals surface area contributed by atoms with Crippen LogP contribution >= 0.6 is 0 Å². The van der Waals surface area contributed by atoms with Gasteiger partial charge in [0.05, 0.1) is 17.5 Å². The first-order valence-electron chi connectivity index (χ1n) is 4.68. The summed E-state index contributed by atoms with van der Waals surface area (Å²) in [5, 5.41) is 17.8. The summed E-state index contributed by atoms with van der Waals surface area (Å²) in [5.41, 5.74) is -2.06. The fourth-order valence-electron chi connectivity index (χ4n) is 1.53. The molecule has 0 bridgehead atoms. The van der Waals surface area contributed by atoms with Gasteiger partial charge in [-0.2, -0.15) is 23.4 Å². The Labute approximate surface area is 98.0 Å². The second-order valence-corrected chi connectivity index (χ2v) is 3.53. The van der Waals surface area contributed by atoms with E-state index in [2.05, 4.69) is 15.3 Å². The topological polar surface area (TPSA) is 83.8 Å². The Morgan fingerprint density at radius 2 is 2.17 bits per heavy atom. The maximum Gasteiger partial charge on any atom is 0.435 e. The van der Waals surface area contributed by atoms with Gasteiger partial charge in [0.15, 0.2) is 5.69 Å². The zero-order valence-corrected chi connectivity index (χ0v) is 8.99. The number of halogens is 3. The van der Waals surface area contributed by atoms with E-state index >= 15 is 0 Å². The minimum atomic E-state index is -4.67. The lowest BCUT2D eigenvalue weighted by atomic mass is 10.1. The minimum Gasteiger partial charge on any atom is -0.478 e. The molecule has 0 aliphatic carbocycles. The van der Waals surface area contributed by atoms with Crippen LogP contribution in [-0.4, -0.2) is 31.1 Å². The Morgan fingerprint density at radius 1 is 1.50 bits per heavy atom. The van der Waals surface area contributed by atoms with Crippen LogP contribution in [0.5, 0.6) is 0 Å². The van der Waals surface area contributed by atoms with E-state index in [1.807, 2.05) is 0 Å². The molecule has 0 aromatic carbocycles. The Kier molecular flexibility index (Phi) is 2.60. The summed E-state index contributed by atoms with van der Waals surface area (Å²) in [6.07, 6.45) is -2.63. The number of aryl methyl sites for hydroxylation is 1. The van der Waals surface area contributed by atoms with Crippen LogP contribution in [0.2, 0.25) is 0 Å². The van der Waals surface area contributed by atoms with E-state index in [1.54, 1.807) is 0 Å². The molecule has 0 aliphatic heterocycles. The molecule has 2 N–H and O–H groups in total. The SMILES string of the molecule is Cn1cc(-c2[nH]ncc2C(=O)O)c(C(F)(F)F)n1. The smallest absolute Gasteiger partial charge is 0.435 e. The number of aromatic carboxylic acids is 1. The highest BCUT2D eigenvalue weighted by Crippen LogP contribution is 2.36. The first-order chi connectivity index (χ1) is 8.30. The number of carboxylic acids is 1. The molecule has 0 amide bonds. The summed E-state index contributed by atoms with van der Waals surface area (Å²) in [7, 11) is 1.32. The highest BCUT2D eigenvalue weighted by Gasteiger charge is 2.38. The molecule has 0 aliphatic rings. The average Bonchev–Trinajstić information content (AvgIpc) is 2.80. The van der Waals surface area contributed by atoms with Gasteiger partial charge in [-0.05, 0) is 0 Å². The highest BCUT2D eigenvalue weighted by molar-refractivity contribution is 5.94. The highest BCUT2D eigenvalue weighted by atomic mass is 19.4. The molecule has 0 atom stereocenters. The van der Waals surface area contributed by atoms with Gasteiger partial charge in [-0.1, -0.05) is 0 Å². The quantitative estimate of drug-likeness (QED) is 0.857. The third kappa shape index (κ3) is 1.94. The Hall–Kier alpha value is -2.32. The standard InChI is InChI=1S/C9H7F3N4O2/c1-16-3-5(7(15-16)9(10,11)12)6-4(8(17)18)2-13-14-6/h2-3H,1H3,(H,13,14)(H,17,18). The van der Waals surface area contributed by atoms with Gasteiger partial charge < -0.3 is 5.11 Å². The van der Waals surface area contributed by atoms with Gasteiger partial charge in [0, 0.05) is 13.2 Å². The Bertz CT molecular complexity index is 599. The van der Waals surface area contributed by atoms with Gasteiger partial charge in [0.1, 0.15) is 5.56 Å². The molecule has 2 rings (SSSR count). The first kappa shape index (κ1) is 12.1. The number of hydrogen-bond acceptors (Lipinski definition) is 3. The van der Waals surface area contributed by atoms with Crippen molar-refractivity contribution in [3.63, 3.8) is 0 Å². The summed E-state index contributed by atoms with van der Waals surface area (Å²) in [6, 6.07) is 0. The molecule has 2 aromatic rings. The summed E-state index contributed by atoms with van der Waals surface area (Å²) >= 11 is 0. The third-order valence-corrected chi connectivity index (χ3v) is 2.24. The maximum atomic E-state index is 12.7. The van der Waals surface area contributed by atoms with Gasteiger partial charge in [-0.3, -0.25) is 9.78 Å². The number of nitrogens with zero attached hydrogens (tertiary/aromatic N) is 3. The van der Waals surface area contributed by atoms with Crippen LogP contribution < -0.4 is 0 Å². The summed E-state index contributed by atoms with van der Waals surface area (Å²) in [5.74, 6) is -1.37. The van der Waals surface area contributed by atoms with Gasteiger partial charge >= 0.3 is 12.1 Å². The molecule has 18 heavy (non-hydrogen) atoms. The molecular weight excluding hydrogens is 253 g/mol. The lowest BCUT2D eigenvalue weighted by molar-refractivity contribution is -0.141. The average molecular weight is 260 g/mol. The van der Waals surface area contributed by atoms with Crippen LogP contribution in [0.3, 0.4) is 0 Å². The Balaban J connectivity index is 2.64. The van der Waals surface area contributed by atoms with Gasteiger partial charge in [-0.15, -0.1) is 0 Å². The van der Waals surface area contributed by atoms with Gasteiger partial charge in [-0.25, -0.2) is 4.79 Å². The lowest BCUT2D eigenvalue weighted by Gasteiger charge is -2.05. The fourth-order valence-corrected chi connectivity index (χ4v) is 1.53. The molecule has 2 heterocycles. The molecule has 0 saturated heterocycles. The van der Waals surface area contributed by atoms with E-state index in [-0.39, 0.29) is 16.8 Å². The van der Waals surface area contributed by atoms with Crippen LogP contribution in [0.1, 0.15) is 16.1 Å². The van der Waals surface area contributed by atoms with Crippen molar-refractivity contribution in [3.05, 3.63) is 23.7 Å². The predicted molar refractivity (Wildman–Crippen MR) is 52.8 cm³/mol. The molecular formula is C9H7F3N4O2. The second-order valence-electron chi connectivity index (χ2n) is 3.53. The van der Waals surface area contributed by atoms with Crippen molar-refractivity contribution in [2.45, 2.75) is 6.18 Å². The van der Waals surface area contributed by atoms with Crippen LogP contribution in [0.4, 0.5) is 13.2 Å². The maximum absolute atomic E-state index is 12.7. The van der Waals surface area contributed by atoms with Crippen molar-refractivity contribution < 1.29 is 23.1 Å². The number of carbonyl (C=O) groups is 1. The summed E-state index contributed by atoms with van der Waals surface area (Å²) in [6.45, 7) is 0. The number of nitrogens with one attached hydrogen (secondary N) is 1. The molecule has 96 valence electrons. The molecule has 0 saturated carbocycles. The van der Waals surface area contributed by atoms with Crippen LogP contribution in [0.25, 0.3) is 11.3 Å². The first-order valence-corrected chi connectivity index (χ1v) is 4.68. The van der Waals surface area contributed by atoms with Crippen molar-refractivity contribution in [1.82, 2.24) is 20.0 Å². The van der Waals surface area contributed by atoms with E-state index in [0.717, 1.165) is 17.1 Å². The largest absolute Gasteiger partial charge is 0.478 e. The van der Waals surface area contributed by atoms with Crippen molar-refractivity contribution >= 4 is 5.97 Å². The molecule has 0 unspecified atom stereocenters. The number of rotatable bonds is 2. The van der Waals surface area contributed by atoms with Gasteiger partial charge in [0.25, 0.3) is 0 Å². The summed E-state index contributed by atoms with van der Waals surface area (Å²) < 4.78 is 39.1. The van der Waals surface area contributed by atoms with E-state index in [9.17, 15) is 18.0 Å². The Morgan fingerprint density at radius 3 is 2.72 bits per heavy atom.